The molecule has 0 amide bonds. The smallest absolute Gasteiger partial charge is 0.289 e. The number of fused-ring (bicyclic) bond motifs is 1. The molecule has 30 heavy (non-hydrogen) atoms. The molecular formula is C16H15F4N5O3S2. The zero-order valence-electron chi connectivity index (χ0n) is 15.4. The first-order valence-electron chi connectivity index (χ1n) is 8.73. The van der Waals surface area contributed by atoms with E-state index in [1.807, 2.05) is 0 Å². The summed E-state index contributed by atoms with van der Waals surface area (Å²) in [5, 5.41) is 5.95. The Kier molecular flexibility index (Phi) is 4.97. The highest BCUT2D eigenvalue weighted by Crippen LogP contribution is 2.36. The number of benzene rings is 1. The van der Waals surface area contributed by atoms with Gasteiger partial charge in [0.2, 0.25) is 15.2 Å². The summed E-state index contributed by atoms with van der Waals surface area (Å²) in [5.74, 6) is -1.13. The van der Waals surface area contributed by atoms with Gasteiger partial charge in [0.15, 0.2) is 5.01 Å². The van der Waals surface area contributed by atoms with E-state index in [1.165, 1.54) is 0 Å². The molecule has 1 N–H and O–H groups in total. The lowest BCUT2D eigenvalue weighted by atomic mass is 10.3. The second-order valence-electron chi connectivity index (χ2n) is 7.12. The molecule has 0 bridgehead atoms. The van der Waals surface area contributed by atoms with E-state index in [0.717, 1.165) is 21.3 Å². The SMILES string of the molecule is CC1(NS(=O)(=O)c2cc3c(cc2F)n(CCF)c(=O)n3-c2nnc(C(F)F)s2)CC1. The normalized spacial score (nSPS) is 15.9. The summed E-state index contributed by atoms with van der Waals surface area (Å²) in [6.45, 7) is 0.269. The van der Waals surface area contributed by atoms with Crippen LogP contribution in [-0.4, -0.2) is 40.0 Å². The van der Waals surface area contributed by atoms with Crippen LogP contribution in [0.25, 0.3) is 16.2 Å². The summed E-state index contributed by atoms with van der Waals surface area (Å²) in [4.78, 5) is 12.1. The van der Waals surface area contributed by atoms with Gasteiger partial charge in [-0.1, -0.05) is 11.3 Å². The number of imidazole rings is 1. The number of hydrogen-bond donors (Lipinski definition) is 1. The molecule has 162 valence electrons. The summed E-state index contributed by atoms with van der Waals surface area (Å²) in [6, 6.07) is 1.72. The van der Waals surface area contributed by atoms with Crippen LogP contribution in [0.4, 0.5) is 17.6 Å². The molecule has 1 aromatic carbocycles. The Morgan fingerprint density at radius 1 is 1.27 bits per heavy atom. The second kappa shape index (κ2) is 7.13. The predicted octanol–water partition coefficient (Wildman–Crippen LogP) is 2.52. The topological polar surface area (TPSA) is 98.9 Å². The zero-order chi connectivity index (χ0) is 21.8. The van der Waals surface area contributed by atoms with E-state index in [9.17, 15) is 30.8 Å². The molecule has 1 aliphatic carbocycles. The summed E-state index contributed by atoms with van der Waals surface area (Å²) in [7, 11) is -4.28. The van der Waals surface area contributed by atoms with Gasteiger partial charge >= 0.3 is 5.69 Å². The molecule has 0 unspecified atom stereocenters. The van der Waals surface area contributed by atoms with Gasteiger partial charge in [-0.05, 0) is 25.8 Å². The van der Waals surface area contributed by atoms with Crippen LogP contribution in [0, 0.1) is 5.82 Å². The van der Waals surface area contributed by atoms with Gasteiger partial charge in [-0.15, -0.1) is 10.2 Å². The zero-order valence-corrected chi connectivity index (χ0v) is 17.0. The van der Waals surface area contributed by atoms with Crippen molar-refractivity contribution in [2.75, 3.05) is 6.67 Å². The molecule has 0 aliphatic heterocycles. The van der Waals surface area contributed by atoms with E-state index in [1.54, 1.807) is 6.92 Å². The minimum atomic E-state index is -4.28. The Morgan fingerprint density at radius 3 is 2.53 bits per heavy atom. The number of nitrogens with one attached hydrogen (secondary N) is 1. The van der Waals surface area contributed by atoms with Gasteiger partial charge in [-0.3, -0.25) is 4.57 Å². The lowest BCUT2D eigenvalue weighted by Gasteiger charge is -2.13. The fourth-order valence-electron chi connectivity index (χ4n) is 3.02. The maximum atomic E-state index is 14.7. The average molecular weight is 465 g/mol. The van der Waals surface area contributed by atoms with E-state index in [-0.39, 0.29) is 16.2 Å². The summed E-state index contributed by atoms with van der Waals surface area (Å²) >= 11 is 0.417. The van der Waals surface area contributed by atoms with Crippen LogP contribution in [0.1, 0.15) is 31.2 Å². The van der Waals surface area contributed by atoms with Gasteiger partial charge in [0.05, 0.1) is 17.6 Å². The molecule has 1 saturated carbocycles. The van der Waals surface area contributed by atoms with Gasteiger partial charge in [-0.25, -0.2) is 40.1 Å². The molecule has 3 aromatic rings. The molecule has 0 atom stereocenters. The standard InChI is InChI=1S/C16H15F4N5O3S2/c1-16(2-3-16)23-30(27,28)11-7-10-9(6-8(11)18)24(5-4-17)15(26)25(10)14-22-21-13(29-14)12(19)20/h6-7,12,23H,2-5H2,1H3. The van der Waals surface area contributed by atoms with Crippen LogP contribution in [0.3, 0.4) is 0 Å². The van der Waals surface area contributed by atoms with Crippen molar-refractivity contribution in [1.82, 2.24) is 24.1 Å². The Labute approximate surface area is 171 Å². The number of nitrogens with zero attached hydrogens (tertiary/aromatic N) is 4. The first-order chi connectivity index (χ1) is 14.1. The fraction of sp³-hybridized carbons (Fsp3) is 0.438. The van der Waals surface area contributed by atoms with Crippen LogP contribution in [-0.2, 0) is 16.6 Å². The largest absolute Gasteiger partial charge is 0.335 e. The average Bonchev–Trinajstić information content (AvgIpc) is 3.08. The number of aryl methyl sites for hydroxylation is 1. The molecule has 8 nitrogen and oxygen atoms in total. The number of halogens is 4. The van der Waals surface area contributed by atoms with E-state index in [0.29, 0.717) is 24.2 Å². The number of rotatable bonds is 7. The molecular weight excluding hydrogens is 450 g/mol. The number of hydrogen-bond acceptors (Lipinski definition) is 6. The van der Waals surface area contributed by atoms with Crippen molar-refractivity contribution in [3.63, 3.8) is 0 Å². The second-order valence-corrected chi connectivity index (χ2v) is 9.76. The van der Waals surface area contributed by atoms with E-state index >= 15 is 0 Å². The molecule has 1 fully saturated rings. The predicted molar refractivity (Wildman–Crippen MR) is 99.9 cm³/mol. The van der Waals surface area contributed by atoms with Crippen molar-refractivity contribution < 1.29 is 26.0 Å². The number of sulfonamides is 1. The summed E-state index contributed by atoms with van der Waals surface area (Å²) in [5.41, 5.74) is -1.77. The van der Waals surface area contributed by atoms with Crippen molar-refractivity contribution in [3.05, 3.63) is 33.4 Å². The molecule has 0 spiro atoms. The van der Waals surface area contributed by atoms with Crippen molar-refractivity contribution in [2.45, 2.75) is 43.2 Å². The Balaban J connectivity index is 1.96. The van der Waals surface area contributed by atoms with E-state index in [2.05, 4.69) is 14.9 Å². The number of aromatic nitrogens is 4. The third-order valence-corrected chi connectivity index (χ3v) is 7.34. The molecule has 0 saturated heterocycles. The Hall–Kier alpha value is -2.32. The lowest BCUT2D eigenvalue weighted by Crippen LogP contribution is -2.34. The maximum Gasteiger partial charge on any atom is 0.335 e. The number of alkyl halides is 3. The molecule has 2 aromatic heterocycles. The molecule has 14 heteroatoms. The first kappa shape index (κ1) is 20.9. The van der Waals surface area contributed by atoms with Crippen LogP contribution < -0.4 is 10.4 Å². The van der Waals surface area contributed by atoms with Crippen molar-refractivity contribution in [3.8, 4) is 5.13 Å². The third kappa shape index (κ3) is 3.52. The van der Waals surface area contributed by atoms with Gasteiger partial charge in [0.1, 0.15) is 17.4 Å². The first-order valence-corrected chi connectivity index (χ1v) is 11.0. The van der Waals surface area contributed by atoms with Gasteiger partial charge in [0.25, 0.3) is 6.43 Å². The van der Waals surface area contributed by atoms with E-state index in [4.69, 9.17) is 0 Å². The van der Waals surface area contributed by atoms with Crippen LogP contribution in [0.2, 0.25) is 0 Å². The lowest BCUT2D eigenvalue weighted by molar-refractivity contribution is 0.150. The summed E-state index contributed by atoms with van der Waals surface area (Å²) in [6.07, 6.45) is -1.74. The van der Waals surface area contributed by atoms with Gasteiger partial charge in [0, 0.05) is 11.6 Å². The molecule has 4 rings (SSSR count). The molecule has 2 heterocycles. The highest BCUT2D eigenvalue weighted by molar-refractivity contribution is 7.89. The van der Waals surface area contributed by atoms with Crippen molar-refractivity contribution in [1.29, 1.82) is 0 Å². The van der Waals surface area contributed by atoms with Crippen LogP contribution in [0.5, 0.6) is 0 Å². The maximum absolute atomic E-state index is 14.7. The molecule has 0 radical (unpaired) electrons. The Bertz CT molecular complexity index is 1290. The van der Waals surface area contributed by atoms with E-state index < -0.39 is 56.6 Å². The highest BCUT2D eigenvalue weighted by Gasteiger charge is 2.42. The van der Waals surface area contributed by atoms with Crippen LogP contribution in [0.15, 0.2) is 21.8 Å². The van der Waals surface area contributed by atoms with Gasteiger partial charge < -0.3 is 0 Å². The minimum Gasteiger partial charge on any atom is -0.289 e. The quantitative estimate of drug-likeness (QED) is 0.541. The third-order valence-electron chi connectivity index (χ3n) is 4.77. The monoisotopic (exact) mass is 465 g/mol. The fourth-order valence-corrected chi connectivity index (χ4v) is 5.27. The van der Waals surface area contributed by atoms with Crippen molar-refractivity contribution >= 4 is 32.4 Å². The Morgan fingerprint density at radius 2 is 1.97 bits per heavy atom. The minimum absolute atomic E-state index is 0.0967. The highest BCUT2D eigenvalue weighted by atomic mass is 32.2. The van der Waals surface area contributed by atoms with Gasteiger partial charge in [-0.2, -0.15) is 0 Å². The van der Waals surface area contributed by atoms with Crippen LogP contribution >= 0.6 is 11.3 Å². The van der Waals surface area contributed by atoms with Crippen molar-refractivity contribution in [2.24, 2.45) is 0 Å². The summed E-state index contributed by atoms with van der Waals surface area (Å²) < 4.78 is 83.0. The molecule has 1 aliphatic rings.